The summed E-state index contributed by atoms with van der Waals surface area (Å²) >= 11 is 30.3. The highest BCUT2D eigenvalue weighted by atomic mass is 35.5. The van der Waals surface area contributed by atoms with E-state index in [2.05, 4.69) is 91.8 Å². The van der Waals surface area contributed by atoms with Crippen LogP contribution in [-0.2, 0) is 29.8 Å². The third kappa shape index (κ3) is 23.2. The van der Waals surface area contributed by atoms with Crippen LogP contribution in [0.5, 0.6) is 17.2 Å². The maximum Gasteiger partial charge on any atom is 0.292 e. The number of nitro benzene ring substituents is 2. The molecule has 3 aliphatic rings. The van der Waals surface area contributed by atoms with Gasteiger partial charge in [0.05, 0.1) is 130 Å². The van der Waals surface area contributed by atoms with Crippen molar-refractivity contribution in [2.75, 3.05) is 164 Å². The number of hydrogen-bond donors (Lipinski definition) is 8. The maximum absolute atomic E-state index is 11.8. The average Bonchev–Trinajstić information content (AvgIpc) is 0.825. The summed E-state index contributed by atoms with van der Waals surface area (Å²) in [6, 6.07) is 44.6. The summed E-state index contributed by atoms with van der Waals surface area (Å²) in [5.41, 5.74) is 14.2. The highest BCUT2D eigenvalue weighted by Crippen LogP contribution is 2.39. The Balaban J connectivity index is 0.000000153. The van der Waals surface area contributed by atoms with Gasteiger partial charge < -0.3 is 86.1 Å². The standard InChI is InChI=1S/C23H26ClN5O4S.C21H21ClN6O4.C21H23ClN6O2.C10H6Cl2N4O2/c1-32-21-13-17(29-9-11-33-12-10-29)7-8-20(21)27-23-25-14-18(24)22(28-23)26-19-6-4-3-5-16(19)15-34(2,30)31;1-31-19-12-14(27-8-10-32-11-9-27)6-7-17(19)25-21-23-13-15(22)20(26-21)24-16-4-2-3-5-18(16)28(29)30;1-29-19-12-14(28-8-10-30-11-9-28)6-7-18(19)26-21-24-13-15(22)20(27-21)25-17-5-3-2-4-16(17)23;11-6-5-13-10(12)15-9(6)14-7-3-1-2-4-8(7)16(17)18/h3-8,13-14H,9-12,15H2,1-2H3,(H2,25,26,27,28);2-7,12-13H,8-11H2,1H3,(H2,23,24,25,26);2-7,12-13H,8-11,23H2,1H3,(H2,24,25,26,27);1-5H,(H,13,14,15). The first-order valence-corrected chi connectivity index (χ1v) is 38.8. The van der Waals surface area contributed by atoms with Gasteiger partial charge in [0.15, 0.2) is 33.1 Å². The molecule has 7 heterocycles. The minimum absolute atomic E-state index is 0.000448. The SMILES string of the molecule is COc1cc(N2CCOCC2)ccc1Nc1ncc(Cl)c(Nc2ccccc2CS(C)(=O)=O)n1.COc1cc(N2CCOCC2)ccc1Nc1ncc(Cl)c(Nc2ccccc2N)n1.COc1cc(N2CCOCC2)ccc1Nc1ncc(Cl)c(Nc2ccccc2[N+](=O)[O-])n1.O=[N+]([O-])c1ccccc1Nc1nc(Cl)ncc1Cl. The molecule has 594 valence electrons. The molecule has 0 bridgehead atoms. The van der Waals surface area contributed by atoms with Crippen LogP contribution in [0.2, 0.25) is 25.4 Å². The van der Waals surface area contributed by atoms with Gasteiger partial charge >= 0.3 is 0 Å². The van der Waals surface area contributed by atoms with E-state index in [0.717, 1.165) is 80.9 Å². The van der Waals surface area contributed by atoms with E-state index in [1.54, 1.807) is 82.0 Å². The summed E-state index contributed by atoms with van der Waals surface area (Å²) in [4.78, 5) is 61.5. The molecule has 33 nitrogen and oxygen atoms in total. The lowest BCUT2D eigenvalue weighted by Gasteiger charge is -2.29. The monoisotopic (exact) mass is 1670 g/mol. The summed E-state index contributed by atoms with van der Waals surface area (Å²) in [6.07, 6.45) is 6.94. The lowest BCUT2D eigenvalue weighted by molar-refractivity contribution is -0.384. The van der Waals surface area contributed by atoms with Crippen LogP contribution in [0.1, 0.15) is 5.56 Å². The zero-order valence-corrected chi connectivity index (χ0v) is 66.1. The number of rotatable bonds is 24. The van der Waals surface area contributed by atoms with E-state index in [-0.39, 0.29) is 61.4 Å². The lowest BCUT2D eigenvalue weighted by Crippen LogP contribution is -2.36. The fraction of sp³-hybridized carbons (Fsp3) is 0.227. The molecule has 3 aliphatic heterocycles. The molecule has 7 aromatic carbocycles. The van der Waals surface area contributed by atoms with Gasteiger partial charge in [0.2, 0.25) is 23.1 Å². The maximum atomic E-state index is 11.8. The van der Waals surface area contributed by atoms with E-state index in [1.807, 2.05) is 78.9 Å². The first-order valence-electron chi connectivity index (χ1n) is 34.8. The minimum Gasteiger partial charge on any atom is -0.494 e. The molecule has 0 spiro atoms. The van der Waals surface area contributed by atoms with E-state index in [1.165, 1.54) is 43.2 Å². The van der Waals surface area contributed by atoms with Crippen molar-refractivity contribution in [2.45, 2.75) is 5.75 Å². The van der Waals surface area contributed by atoms with Gasteiger partial charge in [0, 0.05) is 98.6 Å². The number of hydrogen-bond acceptors (Lipinski definition) is 31. The predicted octanol–water partition coefficient (Wildman–Crippen LogP) is 15.9. The lowest BCUT2D eigenvalue weighted by atomic mass is 10.2. The van der Waals surface area contributed by atoms with Crippen molar-refractivity contribution in [1.29, 1.82) is 0 Å². The van der Waals surface area contributed by atoms with Crippen LogP contribution >= 0.6 is 58.0 Å². The second-order valence-corrected chi connectivity index (χ2v) is 28.8. The van der Waals surface area contributed by atoms with Crippen molar-refractivity contribution in [1.82, 2.24) is 39.9 Å². The van der Waals surface area contributed by atoms with E-state index in [0.29, 0.717) is 106 Å². The number of ether oxygens (including phenoxy) is 6. The van der Waals surface area contributed by atoms with E-state index in [9.17, 15) is 28.6 Å². The fourth-order valence-corrected chi connectivity index (χ4v) is 12.9. The van der Waals surface area contributed by atoms with Gasteiger partial charge in [0.1, 0.15) is 48.7 Å². The zero-order valence-electron chi connectivity index (χ0n) is 61.5. The van der Waals surface area contributed by atoms with Crippen molar-refractivity contribution in [3.05, 3.63) is 228 Å². The second kappa shape index (κ2) is 40.0. The molecule has 39 heteroatoms. The van der Waals surface area contributed by atoms with Crippen LogP contribution in [0, 0.1) is 20.2 Å². The van der Waals surface area contributed by atoms with Crippen LogP contribution in [-0.4, -0.2) is 165 Å². The molecule has 11 aromatic rings. The molecule has 0 amide bonds. The molecule has 0 aliphatic carbocycles. The van der Waals surface area contributed by atoms with Gasteiger partial charge in [-0.25, -0.2) is 28.4 Å². The number of aromatic nitrogens is 8. The number of methoxy groups -OCH3 is 3. The molecule has 9 N–H and O–H groups in total. The Morgan fingerprint density at radius 2 is 0.737 bits per heavy atom. The predicted molar refractivity (Wildman–Crippen MR) is 446 cm³/mol. The van der Waals surface area contributed by atoms with Gasteiger partial charge in [-0.05, 0) is 83.9 Å². The Kier molecular flexibility index (Phi) is 29.2. The summed E-state index contributed by atoms with van der Waals surface area (Å²) < 4.78 is 56.6. The molecule has 0 saturated carbocycles. The Bertz CT molecular complexity index is 5290. The number of nitro groups is 2. The van der Waals surface area contributed by atoms with Crippen molar-refractivity contribution in [3.8, 4) is 17.2 Å². The molecule has 114 heavy (non-hydrogen) atoms. The highest BCUT2D eigenvalue weighted by molar-refractivity contribution is 7.89. The molecule has 0 unspecified atom stereocenters. The minimum atomic E-state index is -3.21. The van der Waals surface area contributed by atoms with Crippen LogP contribution in [0.15, 0.2) is 176 Å². The van der Waals surface area contributed by atoms with Gasteiger partial charge in [-0.3, -0.25) is 20.2 Å². The molecular formula is C75H76Cl5N21O12S. The van der Waals surface area contributed by atoms with Crippen LogP contribution < -0.4 is 71.9 Å². The normalized spacial score (nSPS) is 13.2. The number of anilines is 18. The fourth-order valence-electron chi connectivity index (χ4n) is 11.4. The molecule has 3 saturated heterocycles. The van der Waals surface area contributed by atoms with Crippen LogP contribution in [0.4, 0.5) is 115 Å². The van der Waals surface area contributed by atoms with Crippen molar-refractivity contribution in [3.63, 3.8) is 0 Å². The molecule has 3 fully saturated rings. The van der Waals surface area contributed by atoms with Crippen LogP contribution in [0.25, 0.3) is 0 Å². The van der Waals surface area contributed by atoms with E-state index < -0.39 is 19.7 Å². The average molecular weight is 1670 g/mol. The smallest absolute Gasteiger partial charge is 0.292 e. The number of sulfone groups is 1. The Hall–Kier alpha value is -11.9. The summed E-state index contributed by atoms with van der Waals surface area (Å²) in [5, 5.41) is 44.7. The van der Waals surface area contributed by atoms with Crippen LogP contribution in [0.3, 0.4) is 0 Å². The third-order valence-electron chi connectivity index (χ3n) is 17.0. The molecular weight excluding hydrogens is 1600 g/mol. The largest absolute Gasteiger partial charge is 0.494 e. The van der Waals surface area contributed by atoms with Crippen molar-refractivity contribution < 1.29 is 46.7 Å². The molecule has 14 rings (SSSR count). The number of para-hydroxylation sites is 7. The van der Waals surface area contributed by atoms with Gasteiger partial charge in [-0.15, -0.1) is 0 Å². The number of nitrogen functional groups attached to an aromatic ring is 1. The first kappa shape index (κ1) is 83.1. The quantitative estimate of drug-likeness (QED) is 0.0121. The molecule has 0 radical (unpaired) electrons. The summed E-state index contributed by atoms with van der Waals surface area (Å²) in [5.74, 6) is 4.08. The number of nitrogens with one attached hydrogen (secondary N) is 7. The van der Waals surface area contributed by atoms with Crippen molar-refractivity contribution >= 4 is 183 Å². The summed E-state index contributed by atoms with van der Waals surface area (Å²) in [6.45, 7) is 9.22. The first-order chi connectivity index (χ1) is 55.1. The van der Waals surface area contributed by atoms with E-state index >= 15 is 0 Å². The number of morpholine rings is 3. The number of halogens is 5. The topological polar surface area (TPSA) is 399 Å². The molecule has 0 atom stereocenters. The van der Waals surface area contributed by atoms with Crippen molar-refractivity contribution in [2.24, 2.45) is 0 Å². The number of benzene rings is 7. The Morgan fingerprint density at radius 3 is 1.10 bits per heavy atom. The van der Waals surface area contributed by atoms with Gasteiger partial charge in [-0.1, -0.05) is 101 Å². The third-order valence-corrected chi connectivity index (χ3v) is 19.1. The van der Waals surface area contributed by atoms with E-state index in [4.69, 9.17) is 92.2 Å². The molecule has 4 aromatic heterocycles. The number of nitrogens with zero attached hydrogens (tertiary/aromatic N) is 13. The second-order valence-electron chi connectivity index (χ2n) is 24.7. The Labute approximate surface area is 680 Å². The number of nitrogens with two attached hydrogens (primary N) is 1. The highest BCUT2D eigenvalue weighted by Gasteiger charge is 2.23. The van der Waals surface area contributed by atoms with Gasteiger partial charge in [-0.2, -0.15) is 19.9 Å². The Morgan fingerprint density at radius 1 is 0.421 bits per heavy atom. The summed E-state index contributed by atoms with van der Waals surface area (Å²) in [7, 11) is 1.62. The van der Waals surface area contributed by atoms with Gasteiger partial charge in [0.25, 0.3) is 11.4 Å². The zero-order chi connectivity index (χ0) is 80.7.